The molecule has 0 saturated carbocycles. The molecule has 1 aromatic rings. The van der Waals surface area contributed by atoms with E-state index in [1.807, 2.05) is 0 Å². The fourth-order valence-corrected chi connectivity index (χ4v) is 3.20. The van der Waals surface area contributed by atoms with E-state index in [0.717, 1.165) is 12.3 Å². The van der Waals surface area contributed by atoms with Crippen molar-refractivity contribution in [2.24, 2.45) is 0 Å². The van der Waals surface area contributed by atoms with Crippen LogP contribution in [-0.4, -0.2) is 19.7 Å². The third kappa shape index (κ3) is 4.74. The van der Waals surface area contributed by atoms with Gasteiger partial charge in [-0.2, -0.15) is 0 Å². The van der Waals surface area contributed by atoms with Gasteiger partial charge in [-0.25, -0.2) is 0 Å². The van der Waals surface area contributed by atoms with Gasteiger partial charge in [0.2, 0.25) is 0 Å². The Labute approximate surface area is 131 Å². The second-order valence-electron chi connectivity index (χ2n) is 6.50. The fraction of sp³-hybridized carbons (Fsp3) is 0.684. The quantitative estimate of drug-likeness (QED) is 0.703. The molecule has 0 unspecified atom stereocenters. The number of hydrogen-bond acceptors (Lipinski definition) is 2. The molecule has 1 aromatic carbocycles. The van der Waals surface area contributed by atoms with Crippen LogP contribution in [0.25, 0.3) is 0 Å². The molecule has 0 aliphatic heterocycles. The average Bonchev–Trinajstić information content (AvgIpc) is 2.45. The predicted molar refractivity (Wildman–Crippen MR) is 92.4 cm³/mol. The Balaban J connectivity index is 3.19. The van der Waals surface area contributed by atoms with Gasteiger partial charge in [-0.15, -0.1) is 0 Å². The molecule has 0 aromatic heterocycles. The lowest BCUT2D eigenvalue weighted by Crippen LogP contribution is -2.41. The highest BCUT2D eigenvalue weighted by molar-refractivity contribution is 5.40. The van der Waals surface area contributed by atoms with Gasteiger partial charge in [-0.1, -0.05) is 52.7 Å². The molecule has 0 atom stereocenters. The second-order valence-corrected chi connectivity index (χ2v) is 6.50. The van der Waals surface area contributed by atoms with Crippen LogP contribution in [0.1, 0.15) is 64.5 Å². The second kappa shape index (κ2) is 8.43. The van der Waals surface area contributed by atoms with Crippen molar-refractivity contribution in [3.05, 3.63) is 29.3 Å². The van der Waals surface area contributed by atoms with E-state index >= 15 is 0 Å². The smallest absolute Gasteiger partial charge is 0.122 e. The van der Waals surface area contributed by atoms with Crippen LogP contribution < -0.4 is 10.1 Å². The maximum atomic E-state index is 5.54. The summed E-state index contributed by atoms with van der Waals surface area (Å²) < 4.78 is 5.54. The monoisotopic (exact) mass is 291 g/mol. The third-order valence-electron chi connectivity index (χ3n) is 4.33. The minimum atomic E-state index is 0.217. The maximum Gasteiger partial charge on any atom is 0.122 e. The van der Waals surface area contributed by atoms with Crippen molar-refractivity contribution in [2.45, 2.75) is 71.8 Å². The summed E-state index contributed by atoms with van der Waals surface area (Å²) in [4.78, 5) is 0. The SMILES string of the molecule is CCCC(CCC)(CNC(C)C)c1ccc(C)c(OC)c1. The molecular formula is C19H33NO. The van der Waals surface area contributed by atoms with Gasteiger partial charge in [0.05, 0.1) is 7.11 Å². The number of benzene rings is 1. The molecule has 0 aliphatic rings. The molecule has 0 saturated heterocycles. The first-order valence-corrected chi connectivity index (χ1v) is 8.37. The zero-order chi connectivity index (χ0) is 15.9. The van der Waals surface area contributed by atoms with Gasteiger partial charge in [0, 0.05) is 18.0 Å². The van der Waals surface area contributed by atoms with Crippen LogP contribution in [0.15, 0.2) is 18.2 Å². The molecule has 0 bridgehead atoms. The predicted octanol–water partition coefficient (Wildman–Crippen LogP) is 4.84. The molecule has 1 N–H and O–H groups in total. The van der Waals surface area contributed by atoms with Gasteiger partial charge in [-0.05, 0) is 37.0 Å². The highest BCUT2D eigenvalue weighted by Gasteiger charge is 2.31. The van der Waals surface area contributed by atoms with E-state index in [4.69, 9.17) is 4.74 Å². The van der Waals surface area contributed by atoms with Gasteiger partial charge in [-0.3, -0.25) is 0 Å². The lowest BCUT2D eigenvalue weighted by Gasteiger charge is -2.36. The first-order chi connectivity index (χ1) is 9.99. The van der Waals surface area contributed by atoms with Gasteiger partial charge in [0.15, 0.2) is 0 Å². The summed E-state index contributed by atoms with van der Waals surface area (Å²) in [7, 11) is 1.76. The molecule has 2 nitrogen and oxygen atoms in total. The number of ether oxygens (including phenoxy) is 1. The summed E-state index contributed by atoms with van der Waals surface area (Å²) >= 11 is 0. The number of hydrogen-bond donors (Lipinski definition) is 1. The Morgan fingerprint density at radius 2 is 1.76 bits per heavy atom. The van der Waals surface area contributed by atoms with Crippen LogP contribution in [0.3, 0.4) is 0 Å². The minimum absolute atomic E-state index is 0.217. The van der Waals surface area contributed by atoms with Gasteiger partial charge in [0.1, 0.15) is 5.75 Å². The fourth-order valence-electron chi connectivity index (χ4n) is 3.20. The highest BCUT2D eigenvalue weighted by Crippen LogP contribution is 2.36. The number of nitrogens with one attached hydrogen (secondary N) is 1. The largest absolute Gasteiger partial charge is 0.496 e. The molecular weight excluding hydrogens is 258 g/mol. The molecule has 0 amide bonds. The molecule has 2 heteroatoms. The van der Waals surface area contributed by atoms with Crippen LogP contribution in [0.4, 0.5) is 0 Å². The van der Waals surface area contributed by atoms with E-state index in [1.165, 1.54) is 36.8 Å². The Bertz CT molecular complexity index is 420. The zero-order valence-electron chi connectivity index (χ0n) is 14.8. The molecule has 120 valence electrons. The Kier molecular flexibility index (Phi) is 7.24. The standard InChI is InChI=1S/C19H33NO/c1-7-11-19(12-8-2,14-20-15(3)4)17-10-9-16(5)18(13-17)21-6/h9-10,13,15,20H,7-8,11-12,14H2,1-6H3. The van der Waals surface area contributed by atoms with Gasteiger partial charge >= 0.3 is 0 Å². The molecule has 0 fully saturated rings. The van der Waals surface area contributed by atoms with Crippen LogP contribution in [0.5, 0.6) is 5.75 Å². The third-order valence-corrected chi connectivity index (χ3v) is 4.33. The Hall–Kier alpha value is -1.02. The van der Waals surface area contributed by atoms with E-state index in [0.29, 0.717) is 6.04 Å². The lowest BCUT2D eigenvalue weighted by molar-refractivity contribution is 0.322. The topological polar surface area (TPSA) is 21.3 Å². The van der Waals surface area contributed by atoms with Crippen molar-refractivity contribution in [1.82, 2.24) is 5.32 Å². The summed E-state index contributed by atoms with van der Waals surface area (Å²) in [5.74, 6) is 1.01. The number of methoxy groups -OCH3 is 1. The molecule has 0 spiro atoms. The number of rotatable bonds is 9. The van der Waals surface area contributed by atoms with Crippen molar-refractivity contribution in [2.75, 3.05) is 13.7 Å². The molecule has 0 radical (unpaired) electrons. The van der Waals surface area contributed by atoms with E-state index in [-0.39, 0.29) is 5.41 Å². The van der Waals surface area contributed by atoms with E-state index in [1.54, 1.807) is 7.11 Å². The van der Waals surface area contributed by atoms with Crippen molar-refractivity contribution in [3.8, 4) is 5.75 Å². The van der Waals surface area contributed by atoms with Crippen molar-refractivity contribution < 1.29 is 4.74 Å². The van der Waals surface area contributed by atoms with E-state index in [2.05, 4.69) is 58.1 Å². The summed E-state index contributed by atoms with van der Waals surface area (Å²) in [6.07, 6.45) is 4.84. The summed E-state index contributed by atoms with van der Waals surface area (Å²) in [5, 5.41) is 3.67. The Morgan fingerprint density at radius 1 is 1.14 bits per heavy atom. The highest BCUT2D eigenvalue weighted by atomic mass is 16.5. The normalized spacial score (nSPS) is 12.0. The van der Waals surface area contributed by atoms with E-state index < -0.39 is 0 Å². The molecule has 21 heavy (non-hydrogen) atoms. The lowest BCUT2D eigenvalue weighted by atomic mass is 9.73. The summed E-state index contributed by atoms with van der Waals surface area (Å²) in [6.45, 7) is 12.2. The van der Waals surface area contributed by atoms with Crippen molar-refractivity contribution in [3.63, 3.8) is 0 Å². The van der Waals surface area contributed by atoms with Crippen LogP contribution in [0.2, 0.25) is 0 Å². The van der Waals surface area contributed by atoms with E-state index in [9.17, 15) is 0 Å². The van der Waals surface area contributed by atoms with Crippen LogP contribution >= 0.6 is 0 Å². The Morgan fingerprint density at radius 3 is 2.24 bits per heavy atom. The van der Waals surface area contributed by atoms with Gasteiger partial charge in [0.25, 0.3) is 0 Å². The van der Waals surface area contributed by atoms with Crippen LogP contribution in [0, 0.1) is 6.92 Å². The number of aryl methyl sites for hydroxylation is 1. The zero-order valence-corrected chi connectivity index (χ0v) is 14.8. The average molecular weight is 291 g/mol. The molecule has 0 heterocycles. The van der Waals surface area contributed by atoms with Crippen molar-refractivity contribution in [1.29, 1.82) is 0 Å². The first kappa shape index (κ1) is 18.0. The van der Waals surface area contributed by atoms with Gasteiger partial charge < -0.3 is 10.1 Å². The van der Waals surface area contributed by atoms with Crippen LogP contribution in [-0.2, 0) is 5.41 Å². The first-order valence-electron chi connectivity index (χ1n) is 8.37. The molecule has 1 rings (SSSR count). The minimum Gasteiger partial charge on any atom is -0.496 e. The summed E-state index contributed by atoms with van der Waals surface area (Å²) in [6, 6.07) is 7.27. The maximum absolute atomic E-state index is 5.54. The molecule has 0 aliphatic carbocycles. The summed E-state index contributed by atoms with van der Waals surface area (Å²) in [5.41, 5.74) is 2.84. The van der Waals surface area contributed by atoms with Crippen molar-refractivity contribution >= 4 is 0 Å².